The first-order valence-corrected chi connectivity index (χ1v) is 9.67. The SMILES string of the molecule is CCOc1ccc(C(C)C)cc1S(=O)(=O)N[C@H](C)c1ccccc1. The van der Waals surface area contributed by atoms with Crippen molar-refractivity contribution >= 4 is 10.0 Å². The summed E-state index contributed by atoms with van der Waals surface area (Å²) in [4.78, 5) is 0.193. The van der Waals surface area contributed by atoms with Crippen molar-refractivity contribution in [2.75, 3.05) is 6.61 Å². The molecule has 130 valence electrons. The topological polar surface area (TPSA) is 55.4 Å². The van der Waals surface area contributed by atoms with E-state index in [1.807, 2.05) is 64.1 Å². The van der Waals surface area contributed by atoms with Crippen LogP contribution in [0.3, 0.4) is 0 Å². The van der Waals surface area contributed by atoms with Crippen molar-refractivity contribution in [3.8, 4) is 5.75 Å². The molecule has 0 spiro atoms. The number of sulfonamides is 1. The molecule has 0 amide bonds. The second-order valence-corrected chi connectivity index (χ2v) is 7.73. The van der Waals surface area contributed by atoms with Gasteiger partial charge in [-0.15, -0.1) is 0 Å². The van der Waals surface area contributed by atoms with Gasteiger partial charge in [-0.05, 0) is 43.0 Å². The maximum Gasteiger partial charge on any atom is 0.244 e. The lowest BCUT2D eigenvalue weighted by atomic mass is 10.0. The third kappa shape index (κ3) is 4.36. The fourth-order valence-corrected chi connectivity index (χ4v) is 3.89. The molecular formula is C19H25NO3S. The van der Waals surface area contributed by atoms with Crippen LogP contribution in [0.1, 0.15) is 50.8 Å². The lowest BCUT2D eigenvalue weighted by Crippen LogP contribution is -2.27. The number of rotatable bonds is 7. The summed E-state index contributed by atoms with van der Waals surface area (Å²) in [7, 11) is -3.69. The summed E-state index contributed by atoms with van der Waals surface area (Å²) >= 11 is 0. The first-order valence-electron chi connectivity index (χ1n) is 8.19. The van der Waals surface area contributed by atoms with E-state index in [1.165, 1.54) is 0 Å². The Hall–Kier alpha value is -1.85. The van der Waals surface area contributed by atoms with Crippen molar-refractivity contribution in [2.45, 2.75) is 44.6 Å². The van der Waals surface area contributed by atoms with Gasteiger partial charge in [-0.25, -0.2) is 13.1 Å². The largest absolute Gasteiger partial charge is 0.492 e. The van der Waals surface area contributed by atoms with Crippen LogP contribution in [0.2, 0.25) is 0 Å². The highest BCUT2D eigenvalue weighted by Gasteiger charge is 2.23. The number of hydrogen-bond acceptors (Lipinski definition) is 3. The fraction of sp³-hybridized carbons (Fsp3) is 0.368. The van der Waals surface area contributed by atoms with Crippen molar-refractivity contribution in [1.29, 1.82) is 0 Å². The van der Waals surface area contributed by atoms with Crippen molar-refractivity contribution in [3.63, 3.8) is 0 Å². The molecule has 0 radical (unpaired) electrons. The maximum absolute atomic E-state index is 12.9. The molecule has 4 nitrogen and oxygen atoms in total. The Morgan fingerprint density at radius 3 is 2.25 bits per heavy atom. The molecular weight excluding hydrogens is 322 g/mol. The van der Waals surface area contributed by atoms with Crippen LogP contribution >= 0.6 is 0 Å². The quantitative estimate of drug-likeness (QED) is 0.815. The minimum atomic E-state index is -3.69. The van der Waals surface area contributed by atoms with Gasteiger partial charge in [0.1, 0.15) is 10.6 Å². The molecule has 0 aromatic heterocycles. The van der Waals surface area contributed by atoms with E-state index in [0.717, 1.165) is 11.1 Å². The molecule has 0 heterocycles. The van der Waals surface area contributed by atoms with Crippen molar-refractivity contribution < 1.29 is 13.2 Å². The molecule has 0 bridgehead atoms. The Balaban J connectivity index is 2.38. The zero-order valence-corrected chi connectivity index (χ0v) is 15.4. The summed E-state index contributed by atoms with van der Waals surface area (Å²) in [5.41, 5.74) is 1.88. The van der Waals surface area contributed by atoms with Crippen LogP contribution in [0.15, 0.2) is 53.4 Å². The third-order valence-electron chi connectivity index (χ3n) is 3.86. The van der Waals surface area contributed by atoms with Gasteiger partial charge in [0, 0.05) is 6.04 Å². The van der Waals surface area contributed by atoms with Gasteiger partial charge in [-0.1, -0.05) is 50.2 Å². The molecule has 0 aliphatic rings. The average molecular weight is 347 g/mol. The minimum Gasteiger partial charge on any atom is -0.492 e. The Kier molecular flexibility index (Phi) is 6.02. The van der Waals surface area contributed by atoms with Crippen molar-refractivity contribution in [3.05, 3.63) is 59.7 Å². The fourth-order valence-electron chi connectivity index (χ4n) is 2.47. The summed E-state index contributed by atoms with van der Waals surface area (Å²) in [6.45, 7) is 8.16. The maximum atomic E-state index is 12.9. The zero-order chi connectivity index (χ0) is 17.7. The molecule has 1 atom stereocenters. The Bertz CT molecular complexity index is 770. The number of benzene rings is 2. The number of ether oxygens (including phenoxy) is 1. The summed E-state index contributed by atoms with van der Waals surface area (Å²) < 4.78 is 34.1. The van der Waals surface area contributed by atoms with Gasteiger partial charge in [-0.3, -0.25) is 0 Å². The Labute approximate surface area is 144 Å². The van der Waals surface area contributed by atoms with Crippen LogP contribution in [0.25, 0.3) is 0 Å². The molecule has 2 aromatic rings. The van der Waals surface area contributed by atoms with Crippen LogP contribution in [0.4, 0.5) is 0 Å². The molecule has 0 saturated carbocycles. The molecule has 0 saturated heterocycles. The zero-order valence-electron chi connectivity index (χ0n) is 14.6. The van der Waals surface area contributed by atoms with E-state index in [2.05, 4.69) is 4.72 Å². The van der Waals surface area contributed by atoms with Crippen LogP contribution in [0, 0.1) is 0 Å². The predicted molar refractivity (Wildman–Crippen MR) is 96.9 cm³/mol. The normalized spacial score (nSPS) is 13.0. The summed E-state index contributed by atoms with van der Waals surface area (Å²) in [6.07, 6.45) is 0. The molecule has 2 rings (SSSR count). The molecule has 0 aliphatic heterocycles. The minimum absolute atomic E-state index is 0.193. The highest BCUT2D eigenvalue weighted by atomic mass is 32.2. The van der Waals surface area contributed by atoms with E-state index in [1.54, 1.807) is 12.1 Å². The van der Waals surface area contributed by atoms with Crippen molar-refractivity contribution in [1.82, 2.24) is 4.72 Å². The standard InChI is InChI=1S/C19H25NO3S/c1-5-23-18-12-11-17(14(2)3)13-19(18)24(21,22)20-15(4)16-9-7-6-8-10-16/h6-15,20H,5H2,1-4H3/t15-/m1/s1. The van der Waals surface area contributed by atoms with E-state index in [4.69, 9.17) is 4.74 Å². The van der Waals surface area contributed by atoms with Gasteiger partial charge in [-0.2, -0.15) is 0 Å². The molecule has 0 fully saturated rings. The van der Waals surface area contributed by atoms with E-state index >= 15 is 0 Å². The van der Waals surface area contributed by atoms with Gasteiger partial charge in [0.05, 0.1) is 6.61 Å². The molecule has 24 heavy (non-hydrogen) atoms. The highest BCUT2D eigenvalue weighted by molar-refractivity contribution is 7.89. The molecule has 0 unspecified atom stereocenters. The first kappa shape index (κ1) is 18.5. The van der Waals surface area contributed by atoms with E-state index < -0.39 is 10.0 Å². The Morgan fingerprint density at radius 2 is 1.67 bits per heavy atom. The van der Waals surface area contributed by atoms with Crippen molar-refractivity contribution in [2.24, 2.45) is 0 Å². The average Bonchev–Trinajstić information content (AvgIpc) is 2.55. The smallest absolute Gasteiger partial charge is 0.244 e. The van der Waals surface area contributed by atoms with E-state index in [-0.39, 0.29) is 16.9 Å². The number of hydrogen-bond donors (Lipinski definition) is 1. The van der Waals surface area contributed by atoms with Gasteiger partial charge in [0.25, 0.3) is 0 Å². The predicted octanol–water partition coefficient (Wildman–Crippen LogP) is 4.25. The van der Waals surface area contributed by atoms with Crippen LogP contribution in [-0.4, -0.2) is 15.0 Å². The van der Waals surface area contributed by atoms with E-state index in [0.29, 0.717) is 12.4 Å². The van der Waals surface area contributed by atoms with E-state index in [9.17, 15) is 8.42 Å². The highest BCUT2D eigenvalue weighted by Crippen LogP contribution is 2.29. The van der Waals surface area contributed by atoms with Gasteiger partial charge in [0.2, 0.25) is 10.0 Å². The molecule has 1 N–H and O–H groups in total. The lowest BCUT2D eigenvalue weighted by molar-refractivity contribution is 0.330. The molecule has 2 aromatic carbocycles. The summed E-state index contributed by atoms with van der Waals surface area (Å²) in [6, 6.07) is 14.5. The lowest BCUT2D eigenvalue weighted by Gasteiger charge is -2.18. The van der Waals surface area contributed by atoms with Gasteiger partial charge in [0.15, 0.2) is 0 Å². The van der Waals surface area contributed by atoms with Crippen LogP contribution in [-0.2, 0) is 10.0 Å². The first-order chi connectivity index (χ1) is 11.3. The van der Waals surface area contributed by atoms with Crippen LogP contribution in [0.5, 0.6) is 5.75 Å². The summed E-state index contributed by atoms with van der Waals surface area (Å²) in [5, 5.41) is 0. The monoisotopic (exact) mass is 347 g/mol. The Morgan fingerprint density at radius 1 is 1.00 bits per heavy atom. The third-order valence-corrected chi connectivity index (χ3v) is 5.42. The molecule has 5 heteroatoms. The second-order valence-electron chi connectivity index (χ2n) is 6.05. The summed E-state index contributed by atoms with van der Waals surface area (Å²) in [5.74, 6) is 0.621. The van der Waals surface area contributed by atoms with Crippen LogP contribution < -0.4 is 9.46 Å². The van der Waals surface area contributed by atoms with Gasteiger partial charge < -0.3 is 4.74 Å². The van der Waals surface area contributed by atoms with Gasteiger partial charge >= 0.3 is 0 Å². The second kappa shape index (κ2) is 7.81. The molecule has 0 aliphatic carbocycles. The number of nitrogens with one attached hydrogen (secondary N) is 1.